The van der Waals surface area contributed by atoms with Crippen molar-refractivity contribution in [3.63, 3.8) is 0 Å². The molecule has 5 nitrogen and oxygen atoms in total. The zero-order valence-corrected chi connectivity index (χ0v) is 16.2. The van der Waals surface area contributed by atoms with Crippen LogP contribution in [0.3, 0.4) is 0 Å². The summed E-state index contributed by atoms with van der Waals surface area (Å²) in [7, 11) is 0. The lowest BCUT2D eigenvalue weighted by atomic mass is 9.89. The summed E-state index contributed by atoms with van der Waals surface area (Å²) in [4.78, 5) is 23.2. The maximum Gasteiger partial charge on any atom is 0.258 e. The average molecular weight is 382 g/mol. The Morgan fingerprint density at radius 3 is 3.00 bits per heavy atom. The van der Waals surface area contributed by atoms with Gasteiger partial charge in [-0.25, -0.2) is 9.97 Å². The fourth-order valence-electron chi connectivity index (χ4n) is 3.53. The average Bonchev–Trinajstić information content (AvgIpc) is 3.05. The molecule has 0 fully saturated rings. The fraction of sp³-hybridized carbons (Fsp3) is 0.381. The molecule has 0 radical (unpaired) electrons. The van der Waals surface area contributed by atoms with E-state index in [2.05, 4.69) is 34.3 Å². The third kappa shape index (κ3) is 4.11. The number of aromatic nitrogens is 2. The summed E-state index contributed by atoms with van der Waals surface area (Å²) in [5.41, 5.74) is 2.52. The van der Waals surface area contributed by atoms with Gasteiger partial charge in [0.25, 0.3) is 5.91 Å². The molecule has 0 aliphatic heterocycles. The van der Waals surface area contributed by atoms with E-state index < -0.39 is 0 Å². The Balaban J connectivity index is 1.38. The standard InChI is InChI=1S/C21H23N3O2S/c1-14-7-8-16-17(11-14)27-21-19(16)20(23-13-24-21)26-12-18(25)22-10-9-15-5-3-2-4-6-15/h2-6,13-14H,7-12H2,1H3,(H,22,25). The van der Waals surface area contributed by atoms with Crippen LogP contribution in [0.4, 0.5) is 0 Å². The van der Waals surface area contributed by atoms with Crippen molar-refractivity contribution in [1.82, 2.24) is 15.3 Å². The number of amides is 1. The smallest absolute Gasteiger partial charge is 0.258 e. The maximum absolute atomic E-state index is 12.1. The highest BCUT2D eigenvalue weighted by Crippen LogP contribution is 2.40. The second-order valence-electron chi connectivity index (χ2n) is 7.08. The molecule has 1 aliphatic rings. The Hall–Kier alpha value is -2.47. The van der Waals surface area contributed by atoms with E-state index in [1.54, 1.807) is 11.3 Å². The molecule has 1 aromatic carbocycles. The van der Waals surface area contributed by atoms with Gasteiger partial charge in [0.1, 0.15) is 11.2 Å². The lowest BCUT2D eigenvalue weighted by Crippen LogP contribution is -2.30. The van der Waals surface area contributed by atoms with Crippen molar-refractivity contribution < 1.29 is 9.53 Å². The van der Waals surface area contributed by atoms with Crippen LogP contribution in [0, 0.1) is 5.92 Å². The van der Waals surface area contributed by atoms with Crippen LogP contribution in [0.5, 0.6) is 5.88 Å². The van der Waals surface area contributed by atoms with E-state index in [0.29, 0.717) is 18.3 Å². The number of nitrogens with one attached hydrogen (secondary N) is 1. The van der Waals surface area contributed by atoms with Crippen LogP contribution in [0.1, 0.15) is 29.3 Å². The van der Waals surface area contributed by atoms with Crippen molar-refractivity contribution in [3.8, 4) is 5.88 Å². The molecule has 1 amide bonds. The van der Waals surface area contributed by atoms with Gasteiger partial charge in [0.2, 0.25) is 5.88 Å². The van der Waals surface area contributed by atoms with Gasteiger partial charge in [0.05, 0.1) is 5.39 Å². The number of nitrogens with zero attached hydrogens (tertiary/aromatic N) is 2. The van der Waals surface area contributed by atoms with Crippen LogP contribution in [-0.4, -0.2) is 29.0 Å². The Labute approximate surface area is 162 Å². The number of rotatable bonds is 6. The molecule has 6 heteroatoms. The molecule has 1 aliphatic carbocycles. The van der Waals surface area contributed by atoms with Gasteiger partial charge in [-0.2, -0.15) is 0 Å². The molecular formula is C21H23N3O2S. The minimum Gasteiger partial charge on any atom is -0.467 e. The van der Waals surface area contributed by atoms with Gasteiger partial charge < -0.3 is 10.1 Å². The van der Waals surface area contributed by atoms with Crippen molar-refractivity contribution in [2.24, 2.45) is 5.92 Å². The van der Waals surface area contributed by atoms with E-state index in [4.69, 9.17) is 4.74 Å². The minimum absolute atomic E-state index is 0.0259. The molecule has 1 N–H and O–H groups in total. The largest absolute Gasteiger partial charge is 0.467 e. The van der Waals surface area contributed by atoms with E-state index in [0.717, 1.165) is 29.5 Å². The molecule has 0 saturated heterocycles. The summed E-state index contributed by atoms with van der Waals surface area (Å²) in [6.07, 6.45) is 5.63. The molecule has 2 aromatic heterocycles. The zero-order chi connectivity index (χ0) is 18.6. The minimum atomic E-state index is -0.129. The van der Waals surface area contributed by atoms with Crippen molar-refractivity contribution in [2.75, 3.05) is 13.2 Å². The Morgan fingerprint density at radius 2 is 2.15 bits per heavy atom. The highest BCUT2D eigenvalue weighted by molar-refractivity contribution is 7.18. The highest BCUT2D eigenvalue weighted by Gasteiger charge is 2.23. The first-order valence-corrected chi connectivity index (χ1v) is 10.2. The number of fused-ring (bicyclic) bond motifs is 3. The van der Waals surface area contributed by atoms with Crippen LogP contribution in [0.25, 0.3) is 10.2 Å². The molecule has 27 heavy (non-hydrogen) atoms. The Kier molecular flexibility index (Phi) is 5.34. The highest BCUT2D eigenvalue weighted by atomic mass is 32.1. The third-order valence-corrected chi connectivity index (χ3v) is 6.14. The summed E-state index contributed by atoms with van der Waals surface area (Å²) < 4.78 is 5.78. The lowest BCUT2D eigenvalue weighted by Gasteiger charge is -2.18. The fourth-order valence-corrected chi connectivity index (χ4v) is 4.87. The summed E-state index contributed by atoms with van der Waals surface area (Å²) >= 11 is 1.73. The van der Waals surface area contributed by atoms with Crippen LogP contribution in [0.15, 0.2) is 36.7 Å². The van der Waals surface area contributed by atoms with Crippen molar-refractivity contribution >= 4 is 27.5 Å². The number of carbonyl (C=O) groups is 1. The summed E-state index contributed by atoms with van der Waals surface area (Å²) in [5.74, 6) is 1.11. The number of aryl methyl sites for hydroxylation is 1. The molecule has 1 atom stereocenters. The Bertz CT molecular complexity index is 939. The number of benzene rings is 1. The molecule has 0 spiro atoms. The van der Waals surface area contributed by atoms with Crippen LogP contribution >= 0.6 is 11.3 Å². The van der Waals surface area contributed by atoms with Gasteiger partial charge in [-0.15, -0.1) is 11.3 Å². The predicted molar refractivity (Wildman–Crippen MR) is 107 cm³/mol. The first-order valence-electron chi connectivity index (χ1n) is 9.39. The lowest BCUT2D eigenvalue weighted by molar-refractivity contribution is -0.123. The Morgan fingerprint density at radius 1 is 1.30 bits per heavy atom. The van der Waals surface area contributed by atoms with Gasteiger partial charge in [0.15, 0.2) is 6.61 Å². The van der Waals surface area contributed by atoms with E-state index in [9.17, 15) is 4.79 Å². The monoisotopic (exact) mass is 381 g/mol. The maximum atomic E-state index is 12.1. The zero-order valence-electron chi connectivity index (χ0n) is 15.4. The molecule has 3 aromatic rings. The van der Waals surface area contributed by atoms with E-state index >= 15 is 0 Å². The molecule has 4 rings (SSSR count). The van der Waals surface area contributed by atoms with Gasteiger partial charge in [-0.3, -0.25) is 4.79 Å². The number of ether oxygens (including phenoxy) is 1. The third-order valence-electron chi connectivity index (χ3n) is 4.98. The summed E-state index contributed by atoms with van der Waals surface area (Å²) in [6, 6.07) is 10.1. The SMILES string of the molecule is CC1CCc2c(sc3ncnc(OCC(=O)NCCc4ccccc4)c23)C1. The summed E-state index contributed by atoms with van der Waals surface area (Å²) in [5, 5.41) is 3.91. The topological polar surface area (TPSA) is 64.1 Å². The van der Waals surface area contributed by atoms with Crippen molar-refractivity contribution in [2.45, 2.75) is 32.6 Å². The normalized spacial score (nSPS) is 16.1. The van der Waals surface area contributed by atoms with Gasteiger partial charge >= 0.3 is 0 Å². The predicted octanol–water partition coefficient (Wildman–Crippen LogP) is 3.55. The first kappa shape index (κ1) is 17.9. The van der Waals surface area contributed by atoms with Crippen molar-refractivity contribution in [1.29, 1.82) is 0 Å². The van der Waals surface area contributed by atoms with Crippen LogP contribution < -0.4 is 10.1 Å². The molecule has 140 valence electrons. The quantitative estimate of drug-likeness (QED) is 0.709. The van der Waals surface area contributed by atoms with Crippen LogP contribution in [-0.2, 0) is 24.1 Å². The second-order valence-corrected chi connectivity index (χ2v) is 8.17. The molecule has 0 saturated carbocycles. The first-order chi connectivity index (χ1) is 13.2. The van der Waals surface area contributed by atoms with Gasteiger partial charge in [-0.05, 0) is 42.7 Å². The van der Waals surface area contributed by atoms with Crippen LogP contribution in [0.2, 0.25) is 0 Å². The van der Waals surface area contributed by atoms with E-state index in [-0.39, 0.29) is 12.5 Å². The summed E-state index contributed by atoms with van der Waals surface area (Å²) in [6.45, 7) is 2.86. The molecule has 2 heterocycles. The molecule has 0 bridgehead atoms. The number of hydrogen-bond donors (Lipinski definition) is 1. The molecule has 1 unspecified atom stereocenters. The van der Waals surface area contributed by atoms with Gasteiger partial charge in [0, 0.05) is 11.4 Å². The number of carbonyl (C=O) groups excluding carboxylic acids is 1. The molecular weight excluding hydrogens is 358 g/mol. The van der Waals surface area contributed by atoms with Gasteiger partial charge in [-0.1, -0.05) is 37.3 Å². The van der Waals surface area contributed by atoms with Crippen molar-refractivity contribution in [3.05, 3.63) is 52.7 Å². The van der Waals surface area contributed by atoms with E-state index in [1.165, 1.54) is 28.8 Å². The number of thiophene rings is 1. The van der Waals surface area contributed by atoms with E-state index in [1.807, 2.05) is 18.2 Å². The second kappa shape index (κ2) is 8.05. The number of hydrogen-bond acceptors (Lipinski definition) is 5.